The van der Waals surface area contributed by atoms with Crippen molar-refractivity contribution in [3.8, 4) is 0 Å². The number of esters is 2. The van der Waals surface area contributed by atoms with Crippen LogP contribution in [0, 0.1) is 5.41 Å². The third-order valence-electron chi connectivity index (χ3n) is 3.22. The Kier molecular flexibility index (Phi) is 5.73. The van der Waals surface area contributed by atoms with Crippen LogP contribution in [0.5, 0.6) is 0 Å². The lowest BCUT2D eigenvalue weighted by Gasteiger charge is -2.23. The zero-order valence-electron chi connectivity index (χ0n) is 11.4. The second-order valence-electron chi connectivity index (χ2n) is 4.56. The third-order valence-corrected chi connectivity index (χ3v) is 3.22. The fourth-order valence-electron chi connectivity index (χ4n) is 2.23. The molecule has 0 aromatic carbocycles. The van der Waals surface area contributed by atoms with Crippen LogP contribution in [0.25, 0.3) is 0 Å². The molecule has 0 spiro atoms. The molecule has 0 aromatic heterocycles. The second-order valence-corrected chi connectivity index (χ2v) is 4.56. The highest BCUT2D eigenvalue weighted by molar-refractivity contribution is 6.05. The molecular formula is C14H20O5. The van der Waals surface area contributed by atoms with Crippen LogP contribution >= 0.6 is 0 Å². The Morgan fingerprint density at radius 1 is 1.32 bits per heavy atom. The molecule has 0 heterocycles. The first kappa shape index (κ1) is 15.4. The summed E-state index contributed by atoms with van der Waals surface area (Å²) in [4.78, 5) is 34.5. The van der Waals surface area contributed by atoms with Gasteiger partial charge in [-0.05, 0) is 26.2 Å². The van der Waals surface area contributed by atoms with E-state index in [4.69, 9.17) is 9.47 Å². The van der Waals surface area contributed by atoms with Crippen molar-refractivity contribution in [2.24, 2.45) is 5.41 Å². The summed E-state index contributed by atoms with van der Waals surface area (Å²) in [6.45, 7) is 3.48. The summed E-state index contributed by atoms with van der Waals surface area (Å²) in [5.41, 5.74) is -1.03. The van der Waals surface area contributed by atoms with E-state index in [1.807, 2.05) is 0 Å². The number of ketones is 1. The van der Waals surface area contributed by atoms with Crippen LogP contribution in [-0.4, -0.2) is 30.9 Å². The SMILES string of the molecule is CCOC(=O)C1(CC=CCOC(C)=O)CCCC1=O. The molecule has 1 aliphatic carbocycles. The number of carbonyl (C=O) groups is 3. The smallest absolute Gasteiger partial charge is 0.319 e. The van der Waals surface area contributed by atoms with E-state index in [2.05, 4.69) is 0 Å². The summed E-state index contributed by atoms with van der Waals surface area (Å²) >= 11 is 0. The van der Waals surface area contributed by atoms with E-state index in [1.165, 1.54) is 6.92 Å². The predicted molar refractivity (Wildman–Crippen MR) is 68.3 cm³/mol. The van der Waals surface area contributed by atoms with Crippen molar-refractivity contribution in [1.29, 1.82) is 0 Å². The van der Waals surface area contributed by atoms with Gasteiger partial charge in [0.25, 0.3) is 0 Å². The molecule has 106 valence electrons. The third kappa shape index (κ3) is 3.91. The predicted octanol–water partition coefficient (Wildman–Crippen LogP) is 1.80. The minimum atomic E-state index is -1.03. The highest BCUT2D eigenvalue weighted by atomic mass is 16.5. The van der Waals surface area contributed by atoms with E-state index in [9.17, 15) is 14.4 Å². The molecule has 1 unspecified atom stereocenters. The standard InChI is InChI=1S/C14H20O5/c1-3-18-13(17)14(9-6-7-12(14)16)8-4-5-10-19-11(2)15/h4-5H,3,6-10H2,1-2H3. The van der Waals surface area contributed by atoms with E-state index < -0.39 is 11.4 Å². The molecule has 5 heteroatoms. The molecular weight excluding hydrogens is 248 g/mol. The molecule has 5 nitrogen and oxygen atoms in total. The first-order chi connectivity index (χ1) is 9.03. The topological polar surface area (TPSA) is 69.7 Å². The van der Waals surface area contributed by atoms with Crippen LogP contribution < -0.4 is 0 Å². The monoisotopic (exact) mass is 268 g/mol. The maximum Gasteiger partial charge on any atom is 0.319 e. The van der Waals surface area contributed by atoms with Gasteiger partial charge in [-0.15, -0.1) is 0 Å². The number of hydrogen-bond acceptors (Lipinski definition) is 5. The van der Waals surface area contributed by atoms with E-state index in [0.717, 1.165) is 6.42 Å². The fourth-order valence-corrected chi connectivity index (χ4v) is 2.23. The molecule has 1 fully saturated rings. The lowest BCUT2D eigenvalue weighted by molar-refractivity contribution is -0.158. The summed E-state index contributed by atoms with van der Waals surface area (Å²) in [5.74, 6) is -0.848. The normalized spacial score (nSPS) is 22.7. The molecule has 1 aliphatic rings. The zero-order valence-corrected chi connectivity index (χ0v) is 11.4. The van der Waals surface area contributed by atoms with Crippen LogP contribution in [0.3, 0.4) is 0 Å². The Morgan fingerprint density at radius 3 is 2.58 bits per heavy atom. The summed E-state index contributed by atoms with van der Waals surface area (Å²) in [5, 5.41) is 0. The second kappa shape index (κ2) is 7.07. The highest BCUT2D eigenvalue weighted by Gasteiger charge is 2.48. The Morgan fingerprint density at radius 2 is 2.05 bits per heavy atom. The lowest BCUT2D eigenvalue weighted by atomic mass is 9.81. The summed E-state index contributed by atoms with van der Waals surface area (Å²) in [6, 6.07) is 0. The van der Waals surface area contributed by atoms with Gasteiger partial charge in [0.15, 0.2) is 5.78 Å². The molecule has 0 aromatic rings. The first-order valence-corrected chi connectivity index (χ1v) is 6.52. The number of ether oxygens (including phenoxy) is 2. The molecule has 0 radical (unpaired) electrons. The maximum atomic E-state index is 12.0. The Labute approximate surface area is 112 Å². The fraction of sp³-hybridized carbons (Fsp3) is 0.643. The summed E-state index contributed by atoms with van der Waals surface area (Å²) in [7, 11) is 0. The van der Waals surface area contributed by atoms with Gasteiger partial charge >= 0.3 is 11.9 Å². The Balaban J connectivity index is 2.63. The largest absolute Gasteiger partial charge is 0.465 e. The van der Waals surface area contributed by atoms with E-state index in [1.54, 1.807) is 19.1 Å². The van der Waals surface area contributed by atoms with Gasteiger partial charge in [0, 0.05) is 13.3 Å². The van der Waals surface area contributed by atoms with Crippen molar-refractivity contribution < 1.29 is 23.9 Å². The first-order valence-electron chi connectivity index (χ1n) is 6.52. The van der Waals surface area contributed by atoms with Crippen molar-refractivity contribution in [1.82, 2.24) is 0 Å². The quantitative estimate of drug-likeness (QED) is 0.417. The van der Waals surface area contributed by atoms with Crippen LogP contribution in [0.2, 0.25) is 0 Å². The molecule has 0 bridgehead atoms. The summed E-state index contributed by atoms with van der Waals surface area (Å²) < 4.78 is 9.76. The molecule has 1 atom stereocenters. The van der Waals surface area contributed by atoms with Gasteiger partial charge in [-0.2, -0.15) is 0 Å². The van der Waals surface area contributed by atoms with Gasteiger partial charge in [-0.25, -0.2) is 0 Å². The van der Waals surface area contributed by atoms with Gasteiger partial charge in [0.2, 0.25) is 0 Å². The Bertz CT molecular complexity index is 385. The number of Topliss-reactive ketones (excluding diaryl/α,β-unsaturated/α-hetero) is 1. The van der Waals surface area contributed by atoms with E-state index >= 15 is 0 Å². The number of hydrogen-bond donors (Lipinski definition) is 0. The Hall–Kier alpha value is -1.65. The van der Waals surface area contributed by atoms with Crippen molar-refractivity contribution >= 4 is 17.7 Å². The van der Waals surface area contributed by atoms with Gasteiger partial charge in [-0.1, -0.05) is 12.2 Å². The van der Waals surface area contributed by atoms with Gasteiger partial charge in [-0.3, -0.25) is 14.4 Å². The van der Waals surface area contributed by atoms with E-state index in [0.29, 0.717) is 19.3 Å². The average molecular weight is 268 g/mol. The molecule has 1 rings (SSSR count). The van der Waals surface area contributed by atoms with Gasteiger partial charge in [0.05, 0.1) is 6.61 Å². The van der Waals surface area contributed by atoms with Crippen molar-refractivity contribution in [2.45, 2.75) is 39.5 Å². The van der Waals surface area contributed by atoms with Crippen molar-refractivity contribution in [3.05, 3.63) is 12.2 Å². The number of carbonyl (C=O) groups excluding carboxylic acids is 3. The van der Waals surface area contributed by atoms with Crippen molar-refractivity contribution in [2.75, 3.05) is 13.2 Å². The number of rotatable bonds is 6. The summed E-state index contributed by atoms with van der Waals surface area (Å²) in [6.07, 6.45) is 5.34. The molecule has 0 N–H and O–H groups in total. The lowest BCUT2D eigenvalue weighted by Crippen LogP contribution is -2.36. The van der Waals surface area contributed by atoms with E-state index in [-0.39, 0.29) is 25.0 Å². The molecule has 0 saturated heterocycles. The molecule has 19 heavy (non-hydrogen) atoms. The molecule has 1 saturated carbocycles. The average Bonchev–Trinajstić information content (AvgIpc) is 2.71. The minimum absolute atomic E-state index is 0.0527. The number of allylic oxidation sites excluding steroid dienone is 1. The molecule has 0 aliphatic heterocycles. The highest BCUT2D eigenvalue weighted by Crippen LogP contribution is 2.39. The van der Waals surface area contributed by atoms with Gasteiger partial charge in [0.1, 0.15) is 12.0 Å². The van der Waals surface area contributed by atoms with Crippen molar-refractivity contribution in [3.63, 3.8) is 0 Å². The van der Waals surface area contributed by atoms with Crippen LogP contribution in [0.1, 0.15) is 39.5 Å². The minimum Gasteiger partial charge on any atom is -0.465 e. The molecule has 0 amide bonds. The van der Waals surface area contributed by atoms with Crippen LogP contribution in [0.15, 0.2) is 12.2 Å². The maximum absolute atomic E-state index is 12.0. The van der Waals surface area contributed by atoms with Crippen LogP contribution in [-0.2, 0) is 23.9 Å². The van der Waals surface area contributed by atoms with Gasteiger partial charge < -0.3 is 9.47 Å². The van der Waals surface area contributed by atoms with Crippen LogP contribution in [0.4, 0.5) is 0 Å². The zero-order chi connectivity index (χ0) is 14.3.